The van der Waals surface area contributed by atoms with Crippen LogP contribution in [-0.2, 0) is 15.2 Å². The summed E-state index contributed by atoms with van der Waals surface area (Å²) in [6, 6.07) is 9.78. The minimum Gasteiger partial charge on any atom is -0.384 e. The molecule has 3 heterocycles. The predicted molar refractivity (Wildman–Crippen MR) is 163 cm³/mol. The number of aromatic nitrogens is 1. The van der Waals surface area contributed by atoms with E-state index >= 15 is 0 Å². The maximum atomic E-state index is 14.4. The highest BCUT2D eigenvalue weighted by molar-refractivity contribution is 6.30. The Morgan fingerprint density at radius 2 is 1.79 bits per heavy atom. The molecule has 0 radical (unpaired) electrons. The van der Waals surface area contributed by atoms with Crippen LogP contribution in [-0.4, -0.2) is 45.6 Å². The standard InChI is InChI=1S/C34H41ClFN3O3/c1-22-20-39(21-23(2)34(22,42)25-12-15-27(36)16-13-25)33(41)28-9-7-8-24(18-29(28)31-17-14-26(35)19-37-31)30-10-5-3-4-6-11-32(40)38-30/h5,10,12-17,19,22-24,28-29,42H,3-4,6-9,11,18,20-21H2,1-2H3/b10-5-,38-30+/t22-,23+,24?,28-,29-,34-/m1/s1. The smallest absolute Gasteiger partial charge is 0.245 e. The van der Waals surface area contributed by atoms with E-state index in [1.807, 2.05) is 37.0 Å². The third-order valence-electron chi connectivity index (χ3n) is 9.62. The monoisotopic (exact) mass is 593 g/mol. The van der Waals surface area contributed by atoms with E-state index in [2.05, 4.69) is 16.1 Å². The molecule has 8 heteroatoms. The highest BCUT2D eigenvalue weighted by Gasteiger charge is 2.48. The Balaban J connectivity index is 1.42. The van der Waals surface area contributed by atoms with E-state index in [9.17, 15) is 19.1 Å². The van der Waals surface area contributed by atoms with Crippen LogP contribution in [0.4, 0.5) is 4.39 Å². The average molecular weight is 594 g/mol. The molecule has 224 valence electrons. The van der Waals surface area contributed by atoms with Gasteiger partial charge in [0.25, 0.3) is 0 Å². The summed E-state index contributed by atoms with van der Waals surface area (Å²) in [7, 11) is 0. The van der Waals surface area contributed by atoms with Gasteiger partial charge in [0, 0.05) is 66.7 Å². The molecule has 0 bridgehead atoms. The molecule has 3 aliphatic rings. The maximum Gasteiger partial charge on any atom is 0.245 e. The first-order chi connectivity index (χ1) is 20.2. The molecule has 1 aliphatic carbocycles. The van der Waals surface area contributed by atoms with Crippen molar-refractivity contribution in [2.24, 2.45) is 28.7 Å². The van der Waals surface area contributed by atoms with Crippen molar-refractivity contribution in [3.8, 4) is 0 Å². The minimum absolute atomic E-state index is 0.0475. The number of amides is 2. The minimum atomic E-state index is -1.16. The molecule has 1 aromatic carbocycles. The topological polar surface area (TPSA) is 82.9 Å². The van der Waals surface area contributed by atoms with Gasteiger partial charge in [-0.15, -0.1) is 0 Å². The number of hydrogen-bond donors (Lipinski definition) is 1. The van der Waals surface area contributed by atoms with Crippen molar-refractivity contribution in [3.63, 3.8) is 0 Å². The van der Waals surface area contributed by atoms with Gasteiger partial charge in [-0.2, -0.15) is 0 Å². The molecule has 5 rings (SSSR count). The van der Waals surface area contributed by atoms with E-state index in [1.54, 1.807) is 18.3 Å². The number of benzene rings is 1. The van der Waals surface area contributed by atoms with Crippen molar-refractivity contribution in [1.82, 2.24) is 9.88 Å². The van der Waals surface area contributed by atoms with Crippen molar-refractivity contribution in [2.75, 3.05) is 13.1 Å². The number of piperidine rings is 1. The molecule has 1 aromatic heterocycles. The van der Waals surface area contributed by atoms with Crippen LogP contribution in [0.25, 0.3) is 0 Å². The summed E-state index contributed by atoms with van der Waals surface area (Å²) in [6.07, 6.45) is 12.1. The number of likely N-dealkylation sites (tertiary alicyclic amines) is 1. The molecule has 6 nitrogen and oxygen atoms in total. The highest BCUT2D eigenvalue weighted by Crippen LogP contribution is 2.44. The van der Waals surface area contributed by atoms with Crippen molar-refractivity contribution in [1.29, 1.82) is 0 Å². The lowest BCUT2D eigenvalue weighted by atomic mass is 9.70. The normalized spacial score (nSPS) is 33.0. The van der Waals surface area contributed by atoms with Crippen LogP contribution in [0.1, 0.15) is 82.4 Å². The highest BCUT2D eigenvalue weighted by atomic mass is 35.5. The molecule has 1 saturated heterocycles. The van der Waals surface area contributed by atoms with Gasteiger partial charge < -0.3 is 10.0 Å². The number of aliphatic hydroxyl groups is 1. The van der Waals surface area contributed by atoms with Crippen LogP contribution in [0.5, 0.6) is 0 Å². The Kier molecular flexibility index (Phi) is 9.58. The Bertz CT molecular complexity index is 1310. The molecular formula is C34H41ClFN3O3. The zero-order chi connectivity index (χ0) is 29.9. The van der Waals surface area contributed by atoms with Gasteiger partial charge in [0.15, 0.2) is 0 Å². The Labute approximate surface area is 253 Å². The average Bonchev–Trinajstić information content (AvgIpc) is 3.13. The zero-order valence-corrected chi connectivity index (χ0v) is 25.3. The van der Waals surface area contributed by atoms with E-state index in [0.29, 0.717) is 42.9 Å². The predicted octanol–water partition coefficient (Wildman–Crippen LogP) is 6.86. The molecule has 2 aromatic rings. The first kappa shape index (κ1) is 30.6. The summed E-state index contributed by atoms with van der Waals surface area (Å²) < 4.78 is 13.6. The summed E-state index contributed by atoms with van der Waals surface area (Å²) in [4.78, 5) is 38.1. The van der Waals surface area contributed by atoms with E-state index in [4.69, 9.17) is 11.6 Å². The SMILES string of the molecule is C[C@@H]1CN(C(=O)[C@@H]2CCCC(C3=N/C(=O)CCCC/C=C\3)C[C@H]2c2ccc(Cl)cn2)C[C@H](C)[C@@]1(O)c1ccc(F)cc1. The van der Waals surface area contributed by atoms with Crippen LogP contribution < -0.4 is 0 Å². The molecule has 1 unspecified atom stereocenters. The second-order valence-electron chi connectivity index (χ2n) is 12.4. The fourth-order valence-corrected chi connectivity index (χ4v) is 7.39. The van der Waals surface area contributed by atoms with Gasteiger partial charge in [0.2, 0.25) is 11.8 Å². The first-order valence-corrected chi connectivity index (χ1v) is 15.7. The number of allylic oxidation sites excluding steroid dienone is 2. The molecule has 2 amide bonds. The van der Waals surface area contributed by atoms with Gasteiger partial charge >= 0.3 is 0 Å². The molecule has 0 spiro atoms. The molecule has 2 aliphatic heterocycles. The lowest BCUT2D eigenvalue weighted by Crippen LogP contribution is -2.57. The Hall–Kier alpha value is -2.90. The molecule has 2 fully saturated rings. The largest absolute Gasteiger partial charge is 0.384 e. The number of hydrogen-bond acceptors (Lipinski definition) is 4. The van der Waals surface area contributed by atoms with Crippen LogP contribution >= 0.6 is 11.6 Å². The number of halogens is 2. The van der Waals surface area contributed by atoms with Crippen LogP contribution in [0.2, 0.25) is 5.02 Å². The summed E-state index contributed by atoms with van der Waals surface area (Å²) in [5.41, 5.74) is 1.16. The summed E-state index contributed by atoms with van der Waals surface area (Å²) in [5.74, 6) is -1.24. The molecule has 1 saturated carbocycles. The summed E-state index contributed by atoms with van der Waals surface area (Å²) in [5, 5.41) is 12.4. The lowest BCUT2D eigenvalue weighted by molar-refractivity contribution is -0.153. The lowest BCUT2D eigenvalue weighted by Gasteiger charge is -2.49. The second kappa shape index (κ2) is 13.2. The third-order valence-corrected chi connectivity index (χ3v) is 9.84. The van der Waals surface area contributed by atoms with Crippen molar-refractivity contribution in [2.45, 2.75) is 76.7 Å². The number of pyridine rings is 1. The van der Waals surface area contributed by atoms with Gasteiger partial charge in [-0.05, 0) is 74.4 Å². The van der Waals surface area contributed by atoms with E-state index in [-0.39, 0.29) is 47.2 Å². The van der Waals surface area contributed by atoms with E-state index in [1.165, 1.54) is 12.1 Å². The van der Waals surface area contributed by atoms with Gasteiger partial charge in [0.05, 0.1) is 10.6 Å². The van der Waals surface area contributed by atoms with E-state index in [0.717, 1.165) is 43.5 Å². The zero-order valence-electron chi connectivity index (χ0n) is 24.5. The van der Waals surface area contributed by atoms with Gasteiger partial charge in [-0.3, -0.25) is 14.6 Å². The second-order valence-corrected chi connectivity index (χ2v) is 12.9. The fraction of sp³-hybridized carbons (Fsp3) is 0.529. The summed E-state index contributed by atoms with van der Waals surface area (Å²) >= 11 is 6.19. The molecule has 1 N–H and O–H groups in total. The van der Waals surface area contributed by atoms with Crippen LogP contribution in [0.15, 0.2) is 59.7 Å². The fourth-order valence-electron chi connectivity index (χ4n) is 7.28. The first-order valence-electron chi connectivity index (χ1n) is 15.3. The van der Waals surface area contributed by atoms with Crippen molar-refractivity contribution >= 4 is 29.1 Å². The van der Waals surface area contributed by atoms with Gasteiger partial charge in [0.1, 0.15) is 5.82 Å². The van der Waals surface area contributed by atoms with Crippen molar-refractivity contribution < 1.29 is 19.1 Å². The quantitative estimate of drug-likeness (QED) is 0.392. The molecule has 42 heavy (non-hydrogen) atoms. The van der Waals surface area contributed by atoms with Crippen molar-refractivity contribution in [3.05, 3.63) is 76.8 Å². The van der Waals surface area contributed by atoms with E-state index < -0.39 is 5.60 Å². The number of carbonyl (C=O) groups is 2. The number of aliphatic imine (C=N–C) groups is 1. The Morgan fingerprint density at radius 1 is 1.05 bits per heavy atom. The molecule has 6 atom stereocenters. The summed E-state index contributed by atoms with van der Waals surface area (Å²) in [6.45, 7) is 4.72. The van der Waals surface area contributed by atoms with Crippen LogP contribution in [0.3, 0.4) is 0 Å². The third kappa shape index (κ3) is 6.52. The molecular weight excluding hydrogens is 553 g/mol. The van der Waals surface area contributed by atoms with Gasteiger partial charge in [-0.1, -0.05) is 50.1 Å². The Morgan fingerprint density at radius 3 is 2.48 bits per heavy atom. The number of nitrogens with zero attached hydrogens (tertiary/aromatic N) is 3. The van der Waals surface area contributed by atoms with Crippen LogP contribution in [0, 0.1) is 29.5 Å². The van der Waals surface area contributed by atoms with Gasteiger partial charge in [-0.25, -0.2) is 9.38 Å². The number of rotatable bonds is 4. The number of carbonyl (C=O) groups excluding carboxylic acids is 2. The maximum absolute atomic E-state index is 14.4.